The number of carbonyl (C=O) groups is 1. The molecule has 0 aliphatic carbocycles. The summed E-state index contributed by atoms with van der Waals surface area (Å²) in [6.45, 7) is 6.41. The molecule has 0 aromatic carbocycles. The number of imidazole rings is 1. The van der Waals surface area contributed by atoms with Crippen LogP contribution in [-0.4, -0.2) is 24.5 Å². The Morgan fingerprint density at radius 3 is 2.45 bits per heavy atom. The van der Waals surface area contributed by atoms with Crippen molar-refractivity contribution in [2.45, 2.75) is 59.7 Å². The van der Waals surface area contributed by atoms with Gasteiger partial charge in [-0.3, -0.25) is 18.7 Å². The molecule has 2 aromatic rings. The van der Waals surface area contributed by atoms with Crippen LogP contribution in [-0.2, 0) is 24.4 Å². The van der Waals surface area contributed by atoms with E-state index in [-0.39, 0.29) is 23.6 Å². The van der Waals surface area contributed by atoms with Crippen LogP contribution >= 0.6 is 0 Å². The molecule has 0 spiro atoms. The van der Waals surface area contributed by atoms with E-state index < -0.39 is 0 Å². The molecule has 0 N–H and O–H groups in total. The van der Waals surface area contributed by atoms with Gasteiger partial charge in [-0.25, -0.2) is 9.78 Å². The minimum Gasteiger partial charge on any atom is -0.317 e. The summed E-state index contributed by atoms with van der Waals surface area (Å²) in [5, 5.41) is 0. The number of rotatable bonds is 7. The van der Waals surface area contributed by atoms with E-state index in [0.717, 1.165) is 19.3 Å². The van der Waals surface area contributed by atoms with Crippen molar-refractivity contribution in [1.29, 1.82) is 0 Å². The Hall–Kier alpha value is -2.18. The molecule has 0 saturated carbocycles. The van der Waals surface area contributed by atoms with Gasteiger partial charge < -0.3 is 4.57 Å². The Bertz CT molecular complexity index is 797. The second kappa shape index (κ2) is 6.72. The van der Waals surface area contributed by atoms with Gasteiger partial charge in [-0.15, -0.1) is 0 Å². The van der Waals surface area contributed by atoms with Crippen LogP contribution in [0.4, 0.5) is 0 Å². The summed E-state index contributed by atoms with van der Waals surface area (Å²) in [6.07, 6.45) is 3.88. The van der Waals surface area contributed by atoms with E-state index in [1.807, 2.05) is 13.8 Å². The molecule has 0 fully saturated rings. The standard InChI is InChI=1S/C15H22N4O3/c1-4-6-8-19-14(21)12-13(18(7-5-2)15(19)22)16-10-17(12)9-11(3)20/h10H,4-9H2,1-3H3. The van der Waals surface area contributed by atoms with Crippen molar-refractivity contribution in [1.82, 2.24) is 18.7 Å². The zero-order valence-electron chi connectivity index (χ0n) is 13.3. The van der Waals surface area contributed by atoms with Crippen LogP contribution in [0.5, 0.6) is 0 Å². The lowest BCUT2D eigenvalue weighted by molar-refractivity contribution is -0.117. The van der Waals surface area contributed by atoms with E-state index in [2.05, 4.69) is 4.98 Å². The molecule has 0 atom stereocenters. The van der Waals surface area contributed by atoms with Gasteiger partial charge in [0.2, 0.25) is 0 Å². The lowest BCUT2D eigenvalue weighted by Gasteiger charge is -2.11. The lowest BCUT2D eigenvalue weighted by Crippen LogP contribution is -2.40. The molecule has 0 amide bonds. The number of aryl methyl sites for hydroxylation is 1. The first-order valence-electron chi connectivity index (χ1n) is 7.69. The third kappa shape index (κ3) is 2.88. The van der Waals surface area contributed by atoms with Crippen molar-refractivity contribution in [3.8, 4) is 0 Å². The number of carbonyl (C=O) groups excluding carboxylic acids is 1. The fourth-order valence-corrected chi connectivity index (χ4v) is 2.54. The van der Waals surface area contributed by atoms with E-state index in [0.29, 0.717) is 24.3 Å². The molecular formula is C15H22N4O3. The highest BCUT2D eigenvalue weighted by Crippen LogP contribution is 2.08. The van der Waals surface area contributed by atoms with Crippen molar-refractivity contribution in [2.75, 3.05) is 0 Å². The monoisotopic (exact) mass is 306 g/mol. The van der Waals surface area contributed by atoms with E-state index in [4.69, 9.17) is 0 Å². The van der Waals surface area contributed by atoms with Crippen LogP contribution in [0, 0.1) is 0 Å². The number of hydrogen-bond donors (Lipinski definition) is 0. The molecule has 0 aliphatic heterocycles. The third-order valence-corrected chi connectivity index (χ3v) is 3.56. The minimum absolute atomic E-state index is 0.0629. The molecule has 7 nitrogen and oxygen atoms in total. The summed E-state index contributed by atoms with van der Waals surface area (Å²) in [6, 6.07) is 0. The highest BCUT2D eigenvalue weighted by Gasteiger charge is 2.17. The zero-order chi connectivity index (χ0) is 16.3. The van der Waals surface area contributed by atoms with E-state index in [1.54, 1.807) is 0 Å². The molecule has 2 heterocycles. The number of unbranched alkanes of at least 4 members (excludes halogenated alkanes) is 1. The highest BCUT2D eigenvalue weighted by molar-refractivity contribution is 5.78. The average molecular weight is 306 g/mol. The second-order valence-electron chi connectivity index (χ2n) is 5.49. The van der Waals surface area contributed by atoms with Gasteiger partial charge in [-0.1, -0.05) is 20.3 Å². The largest absolute Gasteiger partial charge is 0.332 e. The molecule has 2 aromatic heterocycles. The van der Waals surface area contributed by atoms with Crippen LogP contribution in [0.25, 0.3) is 11.2 Å². The van der Waals surface area contributed by atoms with E-state index in [9.17, 15) is 14.4 Å². The first kappa shape index (κ1) is 16.2. The molecule has 2 rings (SSSR count). The molecule has 0 bridgehead atoms. The Morgan fingerprint density at radius 2 is 1.86 bits per heavy atom. The molecular weight excluding hydrogens is 284 g/mol. The van der Waals surface area contributed by atoms with Crippen molar-refractivity contribution < 1.29 is 4.79 Å². The van der Waals surface area contributed by atoms with Crippen molar-refractivity contribution in [3.05, 3.63) is 27.2 Å². The molecule has 7 heteroatoms. The number of Topliss-reactive ketones (excluding diaryl/α,β-unsaturated/α-hetero) is 1. The topological polar surface area (TPSA) is 78.9 Å². The smallest absolute Gasteiger partial charge is 0.317 e. The van der Waals surface area contributed by atoms with Crippen LogP contribution < -0.4 is 11.2 Å². The number of hydrogen-bond acceptors (Lipinski definition) is 4. The third-order valence-electron chi connectivity index (χ3n) is 3.56. The van der Waals surface area contributed by atoms with Gasteiger partial charge in [0.15, 0.2) is 11.2 Å². The SMILES string of the molecule is CCCCn1c(=O)c2c(ncn2CC(C)=O)n(CCC)c1=O. The van der Waals surface area contributed by atoms with Gasteiger partial charge in [0, 0.05) is 13.1 Å². The molecule has 0 radical (unpaired) electrons. The maximum Gasteiger partial charge on any atom is 0.332 e. The lowest BCUT2D eigenvalue weighted by atomic mass is 10.3. The Kier molecular flexibility index (Phi) is 4.95. The van der Waals surface area contributed by atoms with Crippen LogP contribution in [0.15, 0.2) is 15.9 Å². The van der Waals surface area contributed by atoms with Gasteiger partial charge in [-0.05, 0) is 19.8 Å². The quantitative estimate of drug-likeness (QED) is 0.769. The maximum absolute atomic E-state index is 12.7. The van der Waals surface area contributed by atoms with Gasteiger partial charge in [0.1, 0.15) is 5.78 Å². The molecule has 22 heavy (non-hydrogen) atoms. The molecule has 0 unspecified atom stereocenters. The predicted molar refractivity (Wildman–Crippen MR) is 84.1 cm³/mol. The summed E-state index contributed by atoms with van der Waals surface area (Å²) in [5.41, 5.74) is 0.0191. The fraction of sp³-hybridized carbons (Fsp3) is 0.600. The highest BCUT2D eigenvalue weighted by atomic mass is 16.2. The Balaban J connectivity index is 2.76. The number of fused-ring (bicyclic) bond motifs is 1. The van der Waals surface area contributed by atoms with Crippen molar-refractivity contribution >= 4 is 16.9 Å². The first-order chi connectivity index (χ1) is 10.5. The summed E-state index contributed by atoms with van der Waals surface area (Å²) >= 11 is 0. The predicted octanol–water partition coefficient (Wildman–Crippen LogP) is 1.16. The van der Waals surface area contributed by atoms with Crippen molar-refractivity contribution in [3.63, 3.8) is 0 Å². The summed E-state index contributed by atoms with van der Waals surface area (Å²) in [7, 11) is 0. The average Bonchev–Trinajstić information content (AvgIpc) is 2.86. The van der Waals surface area contributed by atoms with Crippen LogP contribution in [0.3, 0.4) is 0 Å². The van der Waals surface area contributed by atoms with Crippen molar-refractivity contribution in [2.24, 2.45) is 0 Å². The number of ketones is 1. The van der Waals surface area contributed by atoms with Gasteiger partial charge in [0.25, 0.3) is 5.56 Å². The Morgan fingerprint density at radius 1 is 1.14 bits per heavy atom. The van der Waals surface area contributed by atoms with Crippen LogP contribution in [0.1, 0.15) is 40.0 Å². The number of nitrogens with zero attached hydrogens (tertiary/aromatic N) is 4. The first-order valence-corrected chi connectivity index (χ1v) is 7.69. The van der Waals surface area contributed by atoms with Crippen LogP contribution in [0.2, 0.25) is 0 Å². The molecule has 120 valence electrons. The fourth-order valence-electron chi connectivity index (χ4n) is 2.54. The van der Waals surface area contributed by atoms with E-state index in [1.165, 1.54) is 27.0 Å². The summed E-state index contributed by atoms with van der Waals surface area (Å²) in [5.74, 6) is -0.0629. The Labute approximate surface area is 128 Å². The normalized spacial score (nSPS) is 11.2. The second-order valence-corrected chi connectivity index (χ2v) is 5.49. The summed E-state index contributed by atoms with van der Waals surface area (Å²) < 4.78 is 4.33. The number of aromatic nitrogens is 4. The van der Waals surface area contributed by atoms with Gasteiger partial charge in [0.05, 0.1) is 12.9 Å². The molecule has 0 saturated heterocycles. The van der Waals surface area contributed by atoms with E-state index >= 15 is 0 Å². The zero-order valence-corrected chi connectivity index (χ0v) is 13.3. The van der Waals surface area contributed by atoms with Gasteiger partial charge in [-0.2, -0.15) is 0 Å². The minimum atomic E-state index is -0.362. The molecule has 0 aliphatic rings. The van der Waals surface area contributed by atoms with Gasteiger partial charge >= 0.3 is 5.69 Å². The maximum atomic E-state index is 12.7. The summed E-state index contributed by atoms with van der Waals surface area (Å²) in [4.78, 5) is 40.8.